The maximum Gasteiger partial charge on any atom is 0.321 e. The number of benzene rings is 1. The van der Waals surface area contributed by atoms with Crippen molar-refractivity contribution in [1.29, 1.82) is 0 Å². The van der Waals surface area contributed by atoms with Crippen LogP contribution in [0, 0.1) is 0 Å². The fraction of sp³-hybridized carbons (Fsp3) is 0.500. The monoisotopic (exact) mass is 330 g/mol. The lowest BCUT2D eigenvalue weighted by Crippen LogP contribution is -2.32. The van der Waals surface area contributed by atoms with Gasteiger partial charge in [0.1, 0.15) is 6.33 Å². The lowest BCUT2D eigenvalue weighted by Gasteiger charge is -2.19. The zero-order chi connectivity index (χ0) is 16.8. The van der Waals surface area contributed by atoms with Crippen molar-refractivity contribution in [3.05, 3.63) is 30.6 Å². The van der Waals surface area contributed by atoms with Crippen LogP contribution in [0.3, 0.4) is 0 Å². The first-order valence-corrected chi connectivity index (χ1v) is 8.19. The topological polar surface area (TPSA) is 85.2 Å². The largest absolute Gasteiger partial charge is 0.378 e. The minimum atomic E-state index is -0.113. The van der Waals surface area contributed by atoms with E-state index in [1.54, 1.807) is 16.6 Å². The predicted octanol–water partition coefficient (Wildman–Crippen LogP) is 2.09. The number of urea groups is 1. The highest BCUT2D eigenvalue weighted by Gasteiger charge is 2.16. The van der Waals surface area contributed by atoms with E-state index in [1.165, 1.54) is 6.33 Å². The molecule has 1 saturated heterocycles. The van der Waals surface area contributed by atoms with E-state index in [0.29, 0.717) is 12.6 Å². The Morgan fingerprint density at radius 2 is 2.25 bits per heavy atom. The number of rotatable bonds is 6. The van der Waals surface area contributed by atoms with Crippen LogP contribution in [-0.2, 0) is 4.74 Å². The Morgan fingerprint density at radius 1 is 1.42 bits per heavy atom. The molecule has 1 atom stereocenters. The lowest BCUT2D eigenvalue weighted by molar-refractivity contribution is 0.101. The minimum Gasteiger partial charge on any atom is -0.378 e. The molecule has 128 valence electrons. The molecule has 2 heterocycles. The molecule has 2 aromatic rings. The Labute approximate surface area is 140 Å². The number of tetrazole rings is 1. The second-order valence-corrected chi connectivity index (χ2v) is 5.93. The standard InChI is InChI=1S/C16H22N6O2/c1-21(10-2-4-15-5-3-11-24-15)16(23)18-13-6-8-14(9-7-13)22-12-17-19-20-22/h6-9,12,15H,2-5,10-11H2,1H3,(H,18,23). The van der Waals surface area contributed by atoms with Gasteiger partial charge in [0, 0.05) is 25.9 Å². The Morgan fingerprint density at radius 3 is 2.92 bits per heavy atom. The number of amides is 2. The third-order valence-electron chi connectivity index (χ3n) is 4.12. The first-order valence-electron chi connectivity index (χ1n) is 8.19. The van der Waals surface area contributed by atoms with Gasteiger partial charge in [0.2, 0.25) is 0 Å². The van der Waals surface area contributed by atoms with Gasteiger partial charge in [-0.3, -0.25) is 0 Å². The van der Waals surface area contributed by atoms with E-state index in [-0.39, 0.29) is 6.03 Å². The van der Waals surface area contributed by atoms with Crippen molar-refractivity contribution in [3.63, 3.8) is 0 Å². The van der Waals surface area contributed by atoms with Gasteiger partial charge in [0.15, 0.2) is 0 Å². The molecule has 0 spiro atoms. The number of nitrogens with one attached hydrogen (secondary N) is 1. The maximum absolute atomic E-state index is 12.2. The molecular formula is C16H22N6O2. The summed E-state index contributed by atoms with van der Waals surface area (Å²) in [5.41, 5.74) is 1.57. The van der Waals surface area contributed by atoms with Crippen LogP contribution < -0.4 is 5.32 Å². The van der Waals surface area contributed by atoms with Crippen LogP contribution in [0.15, 0.2) is 30.6 Å². The lowest BCUT2D eigenvalue weighted by atomic mass is 10.1. The van der Waals surface area contributed by atoms with Crippen LogP contribution in [0.5, 0.6) is 0 Å². The van der Waals surface area contributed by atoms with Crippen molar-refractivity contribution in [1.82, 2.24) is 25.1 Å². The normalized spacial score (nSPS) is 17.0. The zero-order valence-electron chi connectivity index (χ0n) is 13.8. The summed E-state index contributed by atoms with van der Waals surface area (Å²) in [7, 11) is 1.81. The average Bonchev–Trinajstić information content (AvgIpc) is 3.29. The molecule has 1 aromatic carbocycles. The highest BCUT2D eigenvalue weighted by molar-refractivity contribution is 5.89. The first kappa shape index (κ1) is 16.4. The SMILES string of the molecule is CN(CCCC1CCCO1)C(=O)Nc1ccc(-n2cnnn2)cc1. The Hall–Kier alpha value is -2.48. The number of ether oxygens (including phenoxy) is 1. The number of hydrogen-bond donors (Lipinski definition) is 1. The van der Waals surface area contributed by atoms with Gasteiger partial charge in [-0.2, -0.15) is 0 Å². The fourth-order valence-corrected chi connectivity index (χ4v) is 2.73. The molecule has 8 heteroatoms. The van der Waals surface area contributed by atoms with Gasteiger partial charge in [-0.1, -0.05) is 0 Å². The van der Waals surface area contributed by atoms with Crippen LogP contribution in [0.1, 0.15) is 25.7 Å². The third kappa shape index (κ3) is 4.29. The second kappa shape index (κ2) is 7.87. The number of carbonyl (C=O) groups is 1. The smallest absolute Gasteiger partial charge is 0.321 e. The van der Waals surface area contributed by atoms with Crippen molar-refractivity contribution < 1.29 is 9.53 Å². The summed E-state index contributed by atoms with van der Waals surface area (Å²) in [5, 5.41) is 13.9. The summed E-state index contributed by atoms with van der Waals surface area (Å²) in [4.78, 5) is 13.9. The van der Waals surface area contributed by atoms with E-state index in [9.17, 15) is 4.79 Å². The zero-order valence-corrected chi connectivity index (χ0v) is 13.8. The molecule has 1 unspecified atom stereocenters. The molecule has 0 radical (unpaired) electrons. The molecule has 0 saturated carbocycles. The summed E-state index contributed by atoms with van der Waals surface area (Å²) in [6.45, 7) is 1.59. The molecule has 3 rings (SSSR count). The molecule has 0 bridgehead atoms. The van der Waals surface area contributed by atoms with Crippen molar-refractivity contribution in [2.45, 2.75) is 31.8 Å². The molecule has 1 fully saturated rings. The van der Waals surface area contributed by atoms with Gasteiger partial charge in [-0.15, -0.1) is 5.10 Å². The predicted molar refractivity (Wildman–Crippen MR) is 89.0 cm³/mol. The van der Waals surface area contributed by atoms with Crippen molar-refractivity contribution in [3.8, 4) is 5.69 Å². The molecule has 1 aliphatic heterocycles. The summed E-state index contributed by atoms with van der Waals surface area (Å²) in [6.07, 6.45) is 6.16. The molecule has 8 nitrogen and oxygen atoms in total. The van der Waals surface area contributed by atoms with Crippen LogP contribution in [0.25, 0.3) is 5.69 Å². The summed E-state index contributed by atoms with van der Waals surface area (Å²) in [5.74, 6) is 0. The van der Waals surface area contributed by atoms with Gasteiger partial charge >= 0.3 is 6.03 Å². The van der Waals surface area contributed by atoms with Crippen LogP contribution in [0.2, 0.25) is 0 Å². The molecule has 1 N–H and O–H groups in total. The molecule has 1 aromatic heterocycles. The Balaban J connectivity index is 1.45. The second-order valence-electron chi connectivity index (χ2n) is 5.93. The maximum atomic E-state index is 12.2. The summed E-state index contributed by atoms with van der Waals surface area (Å²) >= 11 is 0. The van der Waals surface area contributed by atoms with Gasteiger partial charge in [-0.25, -0.2) is 9.48 Å². The summed E-state index contributed by atoms with van der Waals surface area (Å²) < 4.78 is 7.16. The van der Waals surface area contributed by atoms with Gasteiger partial charge in [0.25, 0.3) is 0 Å². The van der Waals surface area contributed by atoms with E-state index in [1.807, 2.05) is 24.3 Å². The van der Waals surface area contributed by atoms with Crippen molar-refractivity contribution in [2.75, 3.05) is 25.5 Å². The van der Waals surface area contributed by atoms with E-state index >= 15 is 0 Å². The molecule has 2 amide bonds. The highest BCUT2D eigenvalue weighted by Crippen LogP contribution is 2.17. The molecule has 0 aliphatic carbocycles. The number of carbonyl (C=O) groups excluding carboxylic acids is 1. The van der Waals surface area contributed by atoms with Crippen LogP contribution in [0.4, 0.5) is 10.5 Å². The van der Waals surface area contributed by atoms with Gasteiger partial charge in [0.05, 0.1) is 11.8 Å². The first-order chi connectivity index (χ1) is 11.7. The molecular weight excluding hydrogens is 308 g/mol. The number of hydrogen-bond acceptors (Lipinski definition) is 5. The van der Waals surface area contributed by atoms with Crippen molar-refractivity contribution in [2.24, 2.45) is 0 Å². The quantitative estimate of drug-likeness (QED) is 0.876. The number of nitrogens with zero attached hydrogens (tertiary/aromatic N) is 5. The number of anilines is 1. The van der Waals surface area contributed by atoms with Crippen molar-refractivity contribution >= 4 is 11.7 Å². The Kier molecular flexibility index (Phi) is 5.37. The Bertz CT molecular complexity index is 637. The van der Waals surface area contributed by atoms with E-state index in [2.05, 4.69) is 20.8 Å². The average molecular weight is 330 g/mol. The highest BCUT2D eigenvalue weighted by atomic mass is 16.5. The van der Waals surface area contributed by atoms with Crippen LogP contribution in [-0.4, -0.2) is 57.4 Å². The van der Waals surface area contributed by atoms with Crippen LogP contribution >= 0.6 is 0 Å². The van der Waals surface area contributed by atoms with E-state index in [4.69, 9.17) is 4.74 Å². The van der Waals surface area contributed by atoms with E-state index in [0.717, 1.165) is 43.7 Å². The van der Waals surface area contributed by atoms with E-state index < -0.39 is 0 Å². The molecule has 24 heavy (non-hydrogen) atoms. The van der Waals surface area contributed by atoms with Gasteiger partial charge in [-0.05, 0) is 60.4 Å². The number of aromatic nitrogens is 4. The fourth-order valence-electron chi connectivity index (χ4n) is 2.73. The summed E-state index contributed by atoms with van der Waals surface area (Å²) in [6, 6.07) is 7.24. The third-order valence-corrected chi connectivity index (χ3v) is 4.12. The molecule has 1 aliphatic rings. The van der Waals surface area contributed by atoms with Gasteiger partial charge < -0.3 is 15.0 Å². The minimum absolute atomic E-state index is 0.113.